The van der Waals surface area contributed by atoms with Crippen LogP contribution in [0.5, 0.6) is 5.75 Å². The molecule has 3 rings (SSSR count). The van der Waals surface area contributed by atoms with Crippen molar-refractivity contribution in [2.45, 2.75) is 12.5 Å². The fourth-order valence-electron chi connectivity index (χ4n) is 2.52. The number of hydrogen-bond acceptors (Lipinski definition) is 7. The van der Waals surface area contributed by atoms with Crippen LogP contribution in [0.2, 0.25) is 0 Å². The summed E-state index contributed by atoms with van der Waals surface area (Å²) in [6, 6.07) is 8.22. The molecule has 0 saturated carbocycles. The van der Waals surface area contributed by atoms with Crippen LogP contribution in [0, 0.1) is 10.1 Å². The maximum atomic E-state index is 12.9. The largest absolute Gasteiger partial charge is 0.573 e. The number of hydrogen-bond donors (Lipinski definition) is 2. The number of anilines is 4. The molecule has 32 heavy (non-hydrogen) atoms. The van der Waals surface area contributed by atoms with Crippen molar-refractivity contribution in [3.05, 3.63) is 70.5 Å². The van der Waals surface area contributed by atoms with Crippen LogP contribution in [0.25, 0.3) is 0 Å². The summed E-state index contributed by atoms with van der Waals surface area (Å²) in [5.74, 6) is -1.25. The summed E-state index contributed by atoms with van der Waals surface area (Å²) < 4.78 is 79.2. The van der Waals surface area contributed by atoms with Crippen LogP contribution in [0.1, 0.15) is 5.56 Å². The summed E-state index contributed by atoms with van der Waals surface area (Å²) in [5, 5.41) is 16.6. The number of rotatable bonds is 6. The van der Waals surface area contributed by atoms with E-state index in [9.17, 15) is 36.5 Å². The molecule has 0 bridgehead atoms. The van der Waals surface area contributed by atoms with E-state index < -0.39 is 40.3 Å². The number of ether oxygens (including phenoxy) is 1. The first-order valence-electron chi connectivity index (χ1n) is 8.49. The first-order valence-corrected chi connectivity index (χ1v) is 8.49. The number of nitro groups is 1. The first-order chi connectivity index (χ1) is 14.9. The van der Waals surface area contributed by atoms with Gasteiger partial charge in [-0.15, -0.1) is 13.2 Å². The molecule has 0 spiro atoms. The van der Waals surface area contributed by atoms with E-state index in [1.807, 2.05) is 0 Å². The highest BCUT2D eigenvalue weighted by Gasteiger charge is 2.32. The average molecular weight is 459 g/mol. The van der Waals surface area contributed by atoms with Crippen molar-refractivity contribution in [2.24, 2.45) is 0 Å². The predicted molar refractivity (Wildman–Crippen MR) is 99.8 cm³/mol. The monoisotopic (exact) mass is 459 g/mol. The Hall–Kier alpha value is -4.10. The standard InChI is InChI=1S/C18H11F6N5O3/c19-17(20,21)10-2-1-3-12(8-10)28-16-14(29(30)31)15(25-9-26-16)27-11-4-6-13(7-5-11)32-18(22,23)24/h1-9H,(H2,25,26,27,28). The molecule has 0 amide bonds. The van der Waals surface area contributed by atoms with Gasteiger partial charge in [-0.05, 0) is 42.5 Å². The van der Waals surface area contributed by atoms with Crippen LogP contribution >= 0.6 is 0 Å². The highest BCUT2D eigenvalue weighted by atomic mass is 19.4. The van der Waals surface area contributed by atoms with Crippen molar-refractivity contribution in [2.75, 3.05) is 10.6 Å². The van der Waals surface area contributed by atoms with Gasteiger partial charge in [-0.2, -0.15) is 13.2 Å². The minimum Gasteiger partial charge on any atom is -0.406 e. The van der Waals surface area contributed by atoms with Crippen LogP contribution in [-0.4, -0.2) is 21.3 Å². The zero-order chi connectivity index (χ0) is 23.5. The topological polar surface area (TPSA) is 102 Å². The summed E-state index contributed by atoms with van der Waals surface area (Å²) in [6.07, 6.45) is -8.58. The molecule has 0 saturated heterocycles. The molecule has 8 nitrogen and oxygen atoms in total. The Kier molecular flexibility index (Phi) is 6.04. The molecule has 168 valence electrons. The van der Waals surface area contributed by atoms with E-state index in [1.54, 1.807) is 0 Å². The van der Waals surface area contributed by atoms with E-state index in [4.69, 9.17) is 0 Å². The lowest BCUT2D eigenvalue weighted by Crippen LogP contribution is -2.17. The third-order valence-electron chi connectivity index (χ3n) is 3.81. The van der Waals surface area contributed by atoms with E-state index in [1.165, 1.54) is 6.07 Å². The number of nitrogens with zero attached hydrogens (tertiary/aromatic N) is 3. The summed E-state index contributed by atoms with van der Waals surface area (Å²) in [6.45, 7) is 0. The normalized spacial score (nSPS) is 11.7. The lowest BCUT2D eigenvalue weighted by molar-refractivity contribution is -0.383. The van der Waals surface area contributed by atoms with Crippen LogP contribution in [0.15, 0.2) is 54.9 Å². The van der Waals surface area contributed by atoms with E-state index in [-0.39, 0.29) is 17.2 Å². The number of nitrogens with one attached hydrogen (secondary N) is 2. The third kappa shape index (κ3) is 5.74. The van der Waals surface area contributed by atoms with Gasteiger partial charge in [-0.25, -0.2) is 9.97 Å². The Morgan fingerprint density at radius 3 is 2.00 bits per heavy atom. The molecule has 1 heterocycles. The smallest absolute Gasteiger partial charge is 0.406 e. The van der Waals surface area contributed by atoms with Crippen molar-refractivity contribution in [3.8, 4) is 5.75 Å². The zero-order valence-electron chi connectivity index (χ0n) is 15.5. The maximum Gasteiger partial charge on any atom is 0.573 e. The fraction of sp³-hybridized carbons (Fsp3) is 0.111. The minimum absolute atomic E-state index is 0.110. The molecule has 14 heteroatoms. The predicted octanol–water partition coefficient (Wildman–Crippen LogP) is 5.79. The average Bonchev–Trinajstić information content (AvgIpc) is 2.68. The molecule has 0 aliphatic rings. The van der Waals surface area contributed by atoms with Gasteiger partial charge in [-0.3, -0.25) is 10.1 Å². The van der Waals surface area contributed by atoms with Gasteiger partial charge in [0.05, 0.1) is 10.5 Å². The van der Waals surface area contributed by atoms with Gasteiger partial charge in [0, 0.05) is 11.4 Å². The van der Waals surface area contributed by atoms with Crippen molar-refractivity contribution < 1.29 is 36.0 Å². The molecular formula is C18H11F6N5O3. The quantitative estimate of drug-likeness (QED) is 0.273. The van der Waals surface area contributed by atoms with Gasteiger partial charge in [0.2, 0.25) is 11.6 Å². The number of alkyl halides is 6. The van der Waals surface area contributed by atoms with Crippen molar-refractivity contribution in [1.29, 1.82) is 0 Å². The molecular weight excluding hydrogens is 448 g/mol. The van der Waals surface area contributed by atoms with Gasteiger partial charge >= 0.3 is 18.2 Å². The van der Waals surface area contributed by atoms with Gasteiger partial charge in [0.25, 0.3) is 0 Å². The van der Waals surface area contributed by atoms with Crippen molar-refractivity contribution in [3.63, 3.8) is 0 Å². The molecule has 0 unspecified atom stereocenters. The minimum atomic E-state index is -4.88. The Bertz CT molecular complexity index is 1120. The summed E-state index contributed by atoms with van der Waals surface area (Å²) >= 11 is 0. The first kappa shape index (κ1) is 22.6. The van der Waals surface area contributed by atoms with E-state index >= 15 is 0 Å². The molecule has 2 aromatic carbocycles. The molecule has 0 fully saturated rings. The Morgan fingerprint density at radius 2 is 1.47 bits per heavy atom. The zero-order valence-corrected chi connectivity index (χ0v) is 15.5. The van der Waals surface area contributed by atoms with Gasteiger partial charge < -0.3 is 15.4 Å². The lowest BCUT2D eigenvalue weighted by atomic mass is 10.2. The summed E-state index contributed by atoms with van der Waals surface area (Å²) in [7, 11) is 0. The van der Waals surface area contributed by atoms with Crippen molar-refractivity contribution in [1.82, 2.24) is 9.97 Å². The molecule has 0 radical (unpaired) electrons. The number of aromatic nitrogens is 2. The summed E-state index contributed by atoms with van der Waals surface area (Å²) in [5.41, 5.74) is -1.65. The molecule has 2 N–H and O–H groups in total. The molecule has 0 aliphatic heterocycles. The SMILES string of the molecule is O=[N+]([O-])c1c(Nc2ccc(OC(F)(F)F)cc2)ncnc1Nc1cccc(C(F)(F)F)c1. The van der Waals surface area contributed by atoms with Crippen molar-refractivity contribution >= 4 is 28.7 Å². The van der Waals surface area contributed by atoms with E-state index in [0.717, 1.165) is 48.8 Å². The van der Waals surface area contributed by atoms with E-state index in [0.29, 0.717) is 0 Å². The van der Waals surface area contributed by atoms with Crippen LogP contribution < -0.4 is 15.4 Å². The molecule has 0 aliphatic carbocycles. The van der Waals surface area contributed by atoms with Crippen LogP contribution in [0.3, 0.4) is 0 Å². The Morgan fingerprint density at radius 1 is 0.875 bits per heavy atom. The van der Waals surface area contributed by atoms with E-state index in [2.05, 4.69) is 25.3 Å². The molecule has 1 aromatic heterocycles. The van der Waals surface area contributed by atoms with Crippen LogP contribution in [0.4, 0.5) is 55.0 Å². The highest BCUT2D eigenvalue weighted by molar-refractivity contribution is 5.77. The summed E-state index contributed by atoms with van der Waals surface area (Å²) in [4.78, 5) is 18.2. The highest BCUT2D eigenvalue weighted by Crippen LogP contribution is 2.35. The number of benzene rings is 2. The Labute approximate surface area is 175 Å². The van der Waals surface area contributed by atoms with Gasteiger partial charge in [0.15, 0.2) is 0 Å². The third-order valence-corrected chi connectivity index (χ3v) is 3.81. The second-order valence-electron chi connectivity index (χ2n) is 6.08. The van der Waals surface area contributed by atoms with Gasteiger partial charge in [0.1, 0.15) is 12.1 Å². The second-order valence-corrected chi connectivity index (χ2v) is 6.08. The molecule has 0 atom stereocenters. The van der Waals surface area contributed by atoms with Crippen LogP contribution in [-0.2, 0) is 6.18 Å². The molecule has 3 aromatic rings. The lowest BCUT2D eigenvalue weighted by Gasteiger charge is -2.12. The number of halogens is 6. The Balaban J connectivity index is 1.88. The van der Waals surface area contributed by atoms with Gasteiger partial charge in [-0.1, -0.05) is 6.07 Å². The fourth-order valence-corrected chi connectivity index (χ4v) is 2.52. The second kappa shape index (κ2) is 8.56. The maximum absolute atomic E-state index is 12.9.